The molecule has 1 saturated heterocycles. The maximum Gasteiger partial charge on any atom is 0.0465 e. The van der Waals surface area contributed by atoms with Gasteiger partial charge in [-0.05, 0) is 51.4 Å². The molecule has 0 amide bonds. The second-order valence-electron chi connectivity index (χ2n) is 7.98. The Morgan fingerprint density at radius 1 is 1.11 bits per heavy atom. The van der Waals surface area contributed by atoms with Gasteiger partial charge < -0.3 is 10.4 Å². The van der Waals surface area contributed by atoms with Crippen LogP contribution in [0.5, 0.6) is 0 Å². The van der Waals surface area contributed by atoms with Crippen molar-refractivity contribution >= 4 is 0 Å². The fourth-order valence-corrected chi connectivity index (χ4v) is 4.50. The van der Waals surface area contributed by atoms with E-state index in [0.29, 0.717) is 18.6 Å². The monoisotopic (exact) mass is 266 g/mol. The molecule has 3 fully saturated rings. The Hall–Kier alpha value is -0.120. The van der Waals surface area contributed by atoms with Crippen LogP contribution in [0.2, 0.25) is 0 Å². The highest BCUT2D eigenvalue weighted by Gasteiger charge is 2.56. The number of aliphatic hydroxyl groups excluding tert-OH is 1. The van der Waals surface area contributed by atoms with Crippen molar-refractivity contribution in [3.63, 3.8) is 0 Å². The molecule has 1 aliphatic heterocycles. The average molecular weight is 266 g/mol. The number of hydrogen-bond donors (Lipinski definition) is 2. The number of nitrogens with zero attached hydrogens (tertiary/aromatic N) is 1. The molecule has 0 spiro atoms. The van der Waals surface area contributed by atoms with E-state index in [2.05, 4.69) is 31.0 Å². The quantitative estimate of drug-likeness (QED) is 0.818. The number of piperidine rings is 1. The summed E-state index contributed by atoms with van der Waals surface area (Å²) in [6.45, 7) is 9.73. The number of nitrogens with one attached hydrogen (secondary N) is 1. The third-order valence-electron chi connectivity index (χ3n) is 5.43. The van der Waals surface area contributed by atoms with Crippen LogP contribution in [-0.2, 0) is 0 Å². The van der Waals surface area contributed by atoms with Gasteiger partial charge in [-0.1, -0.05) is 12.8 Å². The van der Waals surface area contributed by atoms with Crippen LogP contribution in [0.25, 0.3) is 0 Å². The van der Waals surface area contributed by atoms with Gasteiger partial charge in [0.05, 0.1) is 0 Å². The van der Waals surface area contributed by atoms with Crippen molar-refractivity contribution in [1.29, 1.82) is 0 Å². The van der Waals surface area contributed by atoms with Crippen LogP contribution in [0.15, 0.2) is 0 Å². The number of fused-ring (bicyclic) bond motifs is 1. The molecule has 0 aromatic heterocycles. The molecule has 2 aliphatic carbocycles. The van der Waals surface area contributed by atoms with E-state index in [9.17, 15) is 5.11 Å². The fraction of sp³-hybridized carbons (Fsp3) is 1.00. The standard InChI is InChI=1S/C16H30N2O/c1-16(2,3)17-14-6-4-5-7-15(14)18-8-11-12(9-18)13(11)10-19/h11-15,17,19H,4-10H2,1-3H3/t11-,12+,13?,14-,15-/m0/s1. The number of hydrogen-bond acceptors (Lipinski definition) is 3. The zero-order valence-corrected chi connectivity index (χ0v) is 12.7. The summed E-state index contributed by atoms with van der Waals surface area (Å²) in [6, 6.07) is 1.40. The minimum atomic E-state index is 0.219. The third-order valence-corrected chi connectivity index (χ3v) is 5.43. The predicted octanol–water partition coefficient (Wildman–Crippen LogP) is 1.86. The molecule has 0 radical (unpaired) electrons. The van der Waals surface area contributed by atoms with E-state index < -0.39 is 0 Å². The lowest BCUT2D eigenvalue weighted by molar-refractivity contribution is 0.109. The Balaban J connectivity index is 1.59. The molecular formula is C16H30N2O. The van der Waals surface area contributed by atoms with Crippen molar-refractivity contribution in [2.45, 2.75) is 64.1 Å². The highest BCUT2D eigenvalue weighted by atomic mass is 16.3. The van der Waals surface area contributed by atoms with E-state index in [1.165, 1.54) is 38.8 Å². The molecule has 0 bridgehead atoms. The first kappa shape index (κ1) is 13.8. The van der Waals surface area contributed by atoms with Crippen molar-refractivity contribution in [3.8, 4) is 0 Å². The molecule has 3 aliphatic rings. The Kier molecular flexibility index (Phi) is 3.65. The molecule has 0 aromatic rings. The molecule has 2 saturated carbocycles. The summed E-state index contributed by atoms with van der Waals surface area (Å²) in [4.78, 5) is 2.73. The van der Waals surface area contributed by atoms with Crippen LogP contribution >= 0.6 is 0 Å². The van der Waals surface area contributed by atoms with Gasteiger partial charge >= 0.3 is 0 Å². The predicted molar refractivity (Wildman–Crippen MR) is 78.1 cm³/mol. The Morgan fingerprint density at radius 2 is 1.74 bits per heavy atom. The molecular weight excluding hydrogens is 236 g/mol. The third kappa shape index (κ3) is 2.84. The minimum Gasteiger partial charge on any atom is -0.396 e. The van der Waals surface area contributed by atoms with E-state index in [0.717, 1.165) is 17.9 Å². The maximum atomic E-state index is 9.28. The lowest BCUT2D eigenvalue weighted by Gasteiger charge is -2.42. The highest BCUT2D eigenvalue weighted by molar-refractivity contribution is 5.07. The highest BCUT2D eigenvalue weighted by Crippen LogP contribution is 2.52. The normalized spacial score (nSPS) is 43.3. The van der Waals surface area contributed by atoms with E-state index in [1.54, 1.807) is 0 Å². The molecule has 5 atom stereocenters. The van der Waals surface area contributed by atoms with Crippen LogP contribution in [0, 0.1) is 17.8 Å². The van der Waals surface area contributed by atoms with Gasteiger partial charge in [0.1, 0.15) is 0 Å². The summed E-state index contributed by atoms with van der Waals surface area (Å²) in [5.74, 6) is 2.25. The van der Waals surface area contributed by atoms with Gasteiger partial charge in [0.15, 0.2) is 0 Å². The van der Waals surface area contributed by atoms with Crippen molar-refractivity contribution < 1.29 is 5.11 Å². The van der Waals surface area contributed by atoms with Crippen molar-refractivity contribution in [3.05, 3.63) is 0 Å². The second kappa shape index (κ2) is 5.01. The van der Waals surface area contributed by atoms with Crippen molar-refractivity contribution in [2.75, 3.05) is 19.7 Å². The number of aliphatic hydroxyl groups is 1. The Morgan fingerprint density at radius 3 is 2.32 bits per heavy atom. The number of rotatable bonds is 3. The summed E-state index contributed by atoms with van der Waals surface area (Å²) < 4.78 is 0. The molecule has 3 rings (SSSR count). The Bertz CT molecular complexity index is 313. The van der Waals surface area contributed by atoms with Crippen LogP contribution < -0.4 is 5.32 Å². The lowest BCUT2D eigenvalue weighted by atomic mass is 9.87. The van der Waals surface area contributed by atoms with Crippen LogP contribution in [0.1, 0.15) is 46.5 Å². The average Bonchev–Trinajstić information content (AvgIpc) is 2.80. The lowest BCUT2D eigenvalue weighted by Crippen LogP contribution is -2.56. The van der Waals surface area contributed by atoms with Gasteiger partial charge in [0, 0.05) is 37.3 Å². The molecule has 3 heteroatoms. The molecule has 3 nitrogen and oxygen atoms in total. The first-order valence-corrected chi connectivity index (χ1v) is 8.12. The summed E-state index contributed by atoms with van der Waals surface area (Å²) in [7, 11) is 0. The van der Waals surface area contributed by atoms with Crippen LogP contribution in [-0.4, -0.2) is 47.3 Å². The van der Waals surface area contributed by atoms with Gasteiger partial charge in [-0.25, -0.2) is 0 Å². The minimum absolute atomic E-state index is 0.219. The van der Waals surface area contributed by atoms with Crippen LogP contribution in [0.3, 0.4) is 0 Å². The van der Waals surface area contributed by atoms with Crippen molar-refractivity contribution in [2.24, 2.45) is 17.8 Å². The van der Waals surface area contributed by atoms with E-state index in [4.69, 9.17) is 0 Å². The molecule has 1 unspecified atom stereocenters. The molecule has 0 aromatic carbocycles. The van der Waals surface area contributed by atoms with Crippen molar-refractivity contribution in [1.82, 2.24) is 10.2 Å². The summed E-state index contributed by atoms with van der Waals surface area (Å²) in [6.07, 6.45) is 5.46. The molecule has 1 heterocycles. The summed E-state index contributed by atoms with van der Waals surface area (Å²) in [5.41, 5.74) is 0.219. The van der Waals surface area contributed by atoms with Gasteiger partial charge in [-0.3, -0.25) is 4.90 Å². The smallest absolute Gasteiger partial charge is 0.0465 e. The van der Waals surface area contributed by atoms with E-state index in [1.807, 2.05) is 0 Å². The van der Waals surface area contributed by atoms with E-state index >= 15 is 0 Å². The number of likely N-dealkylation sites (tertiary alicyclic amines) is 1. The molecule has 2 N–H and O–H groups in total. The topological polar surface area (TPSA) is 35.5 Å². The molecule has 110 valence electrons. The zero-order valence-electron chi connectivity index (χ0n) is 12.7. The summed E-state index contributed by atoms with van der Waals surface area (Å²) in [5, 5.41) is 13.1. The van der Waals surface area contributed by atoms with Gasteiger partial charge in [-0.15, -0.1) is 0 Å². The summed E-state index contributed by atoms with van der Waals surface area (Å²) >= 11 is 0. The Labute approximate surface area is 117 Å². The van der Waals surface area contributed by atoms with Gasteiger partial charge in [0.25, 0.3) is 0 Å². The second-order valence-corrected chi connectivity index (χ2v) is 7.98. The first-order chi connectivity index (χ1) is 8.99. The van der Waals surface area contributed by atoms with Gasteiger partial charge in [0.2, 0.25) is 0 Å². The van der Waals surface area contributed by atoms with Gasteiger partial charge in [-0.2, -0.15) is 0 Å². The maximum absolute atomic E-state index is 9.28. The molecule has 19 heavy (non-hydrogen) atoms. The van der Waals surface area contributed by atoms with Crippen LogP contribution in [0.4, 0.5) is 0 Å². The van der Waals surface area contributed by atoms with E-state index in [-0.39, 0.29) is 5.54 Å². The SMILES string of the molecule is CC(C)(C)N[C@H]1CCCC[C@@H]1N1C[C@@H]2C(CO)[C@@H]2C1. The largest absolute Gasteiger partial charge is 0.396 e. The fourth-order valence-electron chi connectivity index (χ4n) is 4.50. The first-order valence-electron chi connectivity index (χ1n) is 8.12. The zero-order chi connectivity index (χ0) is 13.6.